The Morgan fingerprint density at radius 3 is 2.61 bits per heavy atom. The molecule has 1 aromatic rings. The quantitative estimate of drug-likeness (QED) is 0.762. The third kappa shape index (κ3) is 2.28. The van der Waals surface area contributed by atoms with Crippen molar-refractivity contribution in [2.75, 3.05) is 0 Å². The molecule has 2 atom stereocenters. The molecule has 5 heteroatoms. The molecule has 18 heavy (non-hydrogen) atoms. The fourth-order valence-electron chi connectivity index (χ4n) is 2.16. The summed E-state index contributed by atoms with van der Waals surface area (Å²) in [5.74, 6) is -0.229. The first-order chi connectivity index (χ1) is 8.23. The van der Waals surface area contributed by atoms with Gasteiger partial charge in [0.1, 0.15) is 16.8 Å². The Balaban J connectivity index is 2.39. The topological polar surface area (TPSA) is 20.3 Å². The van der Waals surface area contributed by atoms with Gasteiger partial charge in [0, 0.05) is 18.2 Å². The van der Waals surface area contributed by atoms with E-state index in [0.717, 1.165) is 5.56 Å². The highest BCUT2D eigenvalue weighted by molar-refractivity contribution is 9.10. The molecule has 0 radical (unpaired) electrons. The lowest BCUT2D eigenvalue weighted by Gasteiger charge is -2.28. The largest absolute Gasteiger partial charge is 0.242 e. The van der Waals surface area contributed by atoms with Crippen molar-refractivity contribution in [3.8, 4) is 0 Å². The number of benzene rings is 1. The lowest BCUT2D eigenvalue weighted by molar-refractivity contribution is 0.385. The summed E-state index contributed by atoms with van der Waals surface area (Å²) in [6, 6.07) is 3.61. The average molecular weight is 334 g/mol. The molecular formula is C13H17BrFNOS. The highest BCUT2D eigenvalue weighted by Gasteiger charge is 2.37. The minimum atomic E-state index is -1.13. The van der Waals surface area contributed by atoms with E-state index < -0.39 is 11.0 Å². The van der Waals surface area contributed by atoms with Crippen molar-refractivity contribution in [2.45, 2.75) is 45.0 Å². The summed E-state index contributed by atoms with van der Waals surface area (Å²) in [5, 5.41) is 0. The maximum absolute atomic E-state index is 14.0. The molecule has 1 aromatic carbocycles. The molecule has 0 fully saturated rings. The fourth-order valence-corrected chi connectivity index (χ4v) is 3.88. The van der Waals surface area contributed by atoms with Crippen LogP contribution in [0.3, 0.4) is 0 Å². The van der Waals surface area contributed by atoms with Crippen molar-refractivity contribution in [3.05, 3.63) is 33.5 Å². The third-order valence-electron chi connectivity index (χ3n) is 3.17. The lowest BCUT2D eigenvalue weighted by atomic mass is 10.1. The molecule has 0 aliphatic carbocycles. The van der Waals surface area contributed by atoms with Gasteiger partial charge >= 0.3 is 0 Å². The van der Waals surface area contributed by atoms with E-state index in [4.69, 9.17) is 0 Å². The molecule has 100 valence electrons. The SMILES string of the molecule is CC1c2ccc(Br)c(F)c2CN1S(=O)C(C)(C)C. The molecule has 2 rings (SSSR count). The van der Waals surface area contributed by atoms with Gasteiger partial charge < -0.3 is 0 Å². The molecule has 2 unspecified atom stereocenters. The van der Waals surface area contributed by atoms with E-state index in [0.29, 0.717) is 16.6 Å². The van der Waals surface area contributed by atoms with Crippen molar-refractivity contribution < 1.29 is 8.60 Å². The zero-order chi connectivity index (χ0) is 13.7. The summed E-state index contributed by atoms with van der Waals surface area (Å²) >= 11 is 3.20. The normalized spacial score (nSPS) is 22.0. The lowest BCUT2D eigenvalue weighted by Crippen LogP contribution is -2.35. The van der Waals surface area contributed by atoms with Gasteiger partial charge in [-0.1, -0.05) is 6.07 Å². The summed E-state index contributed by atoms with van der Waals surface area (Å²) in [4.78, 5) is 0. The maximum atomic E-state index is 14.0. The zero-order valence-corrected chi connectivity index (χ0v) is 13.4. The van der Waals surface area contributed by atoms with Gasteiger partial charge in [-0.2, -0.15) is 0 Å². The van der Waals surface area contributed by atoms with Gasteiger partial charge in [0.25, 0.3) is 0 Å². The van der Waals surface area contributed by atoms with Gasteiger partial charge in [-0.25, -0.2) is 12.9 Å². The maximum Gasteiger partial charge on any atom is 0.142 e. The van der Waals surface area contributed by atoms with Gasteiger partial charge in [-0.3, -0.25) is 0 Å². The first kappa shape index (κ1) is 14.2. The highest BCUT2D eigenvalue weighted by Crippen LogP contribution is 2.39. The van der Waals surface area contributed by atoms with E-state index in [1.54, 1.807) is 6.07 Å². The molecule has 0 aromatic heterocycles. The summed E-state index contributed by atoms with van der Waals surface area (Å²) in [6.07, 6.45) is 0. The molecule has 0 saturated carbocycles. The Hall–Kier alpha value is -0.260. The fraction of sp³-hybridized carbons (Fsp3) is 0.538. The van der Waals surface area contributed by atoms with Gasteiger partial charge in [0.2, 0.25) is 0 Å². The van der Waals surface area contributed by atoms with Crippen LogP contribution in [0, 0.1) is 5.82 Å². The molecule has 0 saturated heterocycles. The number of hydrogen-bond acceptors (Lipinski definition) is 1. The van der Waals surface area contributed by atoms with Crippen LogP contribution in [0.1, 0.15) is 44.9 Å². The minimum absolute atomic E-state index is 0.0114. The predicted octanol–water partition coefficient (Wildman–Crippen LogP) is 3.93. The van der Waals surface area contributed by atoms with E-state index in [-0.39, 0.29) is 16.6 Å². The Kier molecular flexibility index (Phi) is 3.69. The molecular weight excluding hydrogens is 317 g/mol. The van der Waals surface area contributed by atoms with Crippen molar-refractivity contribution in [3.63, 3.8) is 0 Å². The zero-order valence-electron chi connectivity index (χ0n) is 11.0. The number of fused-ring (bicyclic) bond motifs is 1. The van der Waals surface area contributed by atoms with E-state index in [1.165, 1.54) is 0 Å². The van der Waals surface area contributed by atoms with E-state index in [9.17, 15) is 8.60 Å². The molecule has 0 N–H and O–H groups in total. The van der Waals surface area contributed by atoms with Crippen LogP contribution in [0.4, 0.5) is 4.39 Å². The minimum Gasteiger partial charge on any atom is -0.242 e. The van der Waals surface area contributed by atoms with E-state index in [1.807, 2.05) is 38.1 Å². The van der Waals surface area contributed by atoms with Gasteiger partial charge in [0.15, 0.2) is 0 Å². The van der Waals surface area contributed by atoms with Crippen molar-refractivity contribution >= 4 is 26.9 Å². The molecule has 0 bridgehead atoms. The molecule has 0 amide bonds. The van der Waals surface area contributed by atoms with Crippen LogP contribution in [-0.2, 0) is 17.5 Å². The Labute approximate surface area is 118 Å². The third-order valence-corrected chi connectivity index (χ3v) is 5.70. The highest BCUT2D eigenvalue weighted by atomic mass is 79.9. The van der Waals surface area contributed by atoms with Crippen LogP contribution in [-0.4, -0.2) is 13.3 Å². The number of hydrogen-bond donors (Lipinski definition) is 0. The monoisotopic (exact) mass is 333 g/mol. The van der Waals surface area contributed by atoms with Gasteiger partial charge in [0.05, 0.1) is 9.22 Å². The molecule has 1 heterocycles. The van der Waals surface area contributed by atoms with Crippen LogP contribution >= 0.6 is 15.9 Å². The van der Waals surface area contributed by atoms with Gasteiger partial charge in [-0.05, 0) is 55.3 Å². The van der Waals surface area contributed by atoms with Crippen LogP contribution < -0.4 is 0 Å². The Bertz CT molecular complexity index is 512. The van der Waals surface area contributed by atoms with Crippen molar-refractivity contribution in [2.24, 2.45) is 0 Å². The van der Waals surface area contributed by atoms with Crippen molar-refractivity contribution in [1.29, 1.82) is 0 Å². The smallest absolute Gasteiger partial charge is 0.142 e. The summed E-state index contributed by atoms with van der Waals surface area (Å²) in [6.45, 7) is 8.19. The first-order valence-corrected chi connectivity index (χ1v) is 7.79. The number of rotatable bonds is 1. The standard InChI is InChI=1S/C13H17BrFNOS/c1-8-9-5-6-11(14)12(15)10(9)7-16(8)18(17)13(2,3)4/h5-6,8H,7H2,1-4H3. The summed E-state index contributed by atoms with van der Waals surface area (Å²) < 4.78 is 28.5. The van der Waals surface area contributed by atoms with Crippen molar-refractivity contribution in [1.82, 2.24) is 4.31 Å². The number of halogens is 2. The molecule has 0 spiro atoms. The average Bonchev–Trinajstić information content (AvgIpc) is 2.60. The second-order valence-corrected chi connectivity index (χ2v) is 8.59. The molecule has 2 nitrogen and oxygen atoms in total. The second kappa shape index (κ2) is 4.69. The first-order valence-electron chi connectivity index (χ1n) is 5.89. The van der Waals surface area contributed by atoms with Crippen LogP contribution in [0.25, 0.3) is 0 Å². The van der Waals surface area contributed by atoms with Gasteiger partial charge in [-0.15, -0.1) is 0 Å². The Morgan fingerprint density at radius 1 is 1.44 bits per heavy atom. The van der Waals surface area contributed by atoms with Crippen LogP contribution in [0.15, 0.2) is 16.6 Å². The predicted molar refractivity (Wildman–Crippen MR) is 76.0 cm³/mol. The molecule has 1 aliphatic heterocycles. The number of nitrogens with zero attached hydrogens (tertiary/aromatic N) is 1. The van der Waals surface area contributed by atoms with E-state index >= 15 is 0 Å². The second-order valence-electron chi connectivity index (χ2n) is 5.54. The summed E-state index contributed by atoms with van der Waals surface area (Å²) in [7, 11) is -1.13. The summed E-state index contributed by atoms with van der Waals surface area (Å²) in [5.41, 5.74) is 1.60. The van der Waals surface area contributed by atoms with Crippen LogP contribution in [0.2, 0.25) is 0 Å². The molecule has 1 aliphatic rings. The van der Waals surface area contributed by atoms with E-state index in [2.05, 4.69) is 15.9 Å². The Morgan fingerprint density at radius 2 is 2.06 bits per heavy atom. The van der Waals surface area contributed by atoms with Crippen LogP contribution in [0.5, 0.6) is 0 Å².